The molecule has 0 saturated carbocycles. The number of phenolic OH excluding ortho intramolecular Hbond substituents is 1. The molecule has 0 aliphatic heterocycles. The lowest BCUT2D eigenvalue weighted by molar-refractivity contribution is 0.0824. The number of nitrogens with zero attached hydrogens (tertiary/aromatic N) is 1. The van der Waals surface area contributed by atoms with Crippen LogP contribution in [0.5, 0.6) is 5.75 Å². The number of para-hydroxylation sites is 1. The first kappa shape index (κ1) is 13.5. The molecule has 0 aliphatic carbocycles. The fraction of sp³-hybridized carbons (Fsp3) is 0.417. The molecule has 0 atom stereocenters. The van der Waals surface area contributed by atoms with Crippen LogP contribution in [0.1, 0.15) is 29.8 Å². The number of phenols is 1. The highest BCUT2D eigenvalue weighted by atomic mass is 16.3. The van der Waals surface area contributed by atoms with Gasteiger partial charge in [0.25, 0.3) is 5.91 Å². The number of rotatable bonds is 1. The maximum atomic E-state index is 11.5. The van der Waals surface area contributed by atoms with Gasteiger partial charge in [-0.05, 0) is 18.6 Å². The standard InChI is InChI=1S/C10H13NO2.C2H6/c1-7-5-4-6-8(9(7)12)10(13)11(2)3;1-2/h4-6,12H,1-3H3;1-2H3. The van der Waals surface area contributed by atoms with E-state index in [0.717, 1.165) is 0 Å². The van der Waals surface area contributed by atoms with Gasteiger partial charge >= 0.3 is 0 Å². The minimum absolute atomic E-state index is 0.0706. The number of aromatic hydroxyl groups is 1. The van der Waals surface area contributed by atoms with Crippen molar-refractivity contribution < 1.29 is 9.90 Å². The summed E-state index contributed by atoms with van der Waals surface area (Å²) < 4.78 is 0. The fourth-order valence-corrected chi connectivity index (χ4v) is 1.07. The summed E-state index contributed by atoms with van der Waals surface area (Å²) in [7, 11) is 3.31. The van der Waals surface area contributed by atoms with Gasteiger partial charge in [-0.25, -0.2) is 0 Å². The minimum atomic E-state index is -0.179. The quantitative estimate of drug-likeness (QED) is 0.771. The first-order valence-corrected chi connectivity index (χ1v) is 5.04. The van der Waals surface area contributed by atoms with Gasteiger partial charge in [-0.1, -0.05) is 26.0 Å². The highest BCUT2D eigenvalue weighted by Crippen LogP contribution is 2.21. The van der Waals surface area contributed by atoms with Crippen molar-refractivity contribution in [2.45, 2.75) is 20.8 Å². The first-order valence-electron chi connectivity index (χ1n) is 5.04. The van der Waals surface area contributed by atoms with Crippen molar-refractivity contribution >= 4 is 5.91 Å². The Balaban J connectivity index is 0.000000921. The Labute approximate surface area is 91.3 Å². The first-order chi connectivity index (χ1) is 7.04. The lowest BCUT2D eigenvalue weighted by Gasteiger charge is -2.12. The molecule has 84 valence electrons. The smallest absolute Gasteiger partial charge is 0.257 e. The van der Waals surface area contributed by atoms with E-state index >= 15 is 0 Å². The average Bonchev–Trinajstić information content (AvgIpc) is 2.24. The lowest BCUT2D eigenvalue weighted by atomic mass is 10.1. The Kier molecular flexibility index (Phi) is 5.45. The van der Waals surface area contributed by atoms with Gasteiger partial charge in [0.1, 0.15) is 5.75 Å². The van der Waals surface area contributed by atoms with Crippen molar-refractivity contribution in [2.75, 3.05) is 14.1 Å². The van der Waals surface area contributed by atoms with Crippen molar-refractivity contribution in [3.63, 3.8) is 0 Å². The molecular weight excluding hydrogens is 190 g/mol. The van der Waals surface area contributed by atoms with Crippen LogP contribution in [-0.4, -0.2) is 30.0 Å². The zero-order valence-electron chi connectivity index (χ0n) is 10.0. The summed E-state index contributed by atoms with van der Waals surface area (Å²) in [6.07, 6.45) is 0. The van der Waals surface area contributed by atoms with Crippen molar-refractivity contribution in [2.24, 2.45) is 0 Å². The van der Waals surface area contributed by atoms with Crippen LogP contribution in [0.3, 0.4) is 0 Å². The van der Waals surface area contributed by atoms with Crippen LogP contribution < -0.4 is 0 Å². The number of hydrogen-bond acceptors (Lipinski definition) is 2. The number of carbonyl (C=O) groups is 1. The molecule has 1 amide bonds. The monoisotopic (exact) mass is 209 g/mol. The van der Waals surface area contributed by atoms with Crippen LogP contribution >= 0.6 is 0 Å². The van der Waals surface area contributed by atoms with Gasteiger partial charge in [0.05, 0.1) is 5.56 Å². The predicted octanol–water partition coefficient (Wildman–Crippen LogP) is 2.43. The normalized spacial score (nSPS) is 8.87. The summed E-state index contributed by atoms with van der Waals surface area (Å²) in [5.74, 6) is -0.109. The molecule has 1 rings (SSSR count). The molecule has 0 aromatic heterocycles. The van der Waals surface area contributed by atoms with Crippen molar-refractivity contribution in [3.05, 3.63) is 29.3 Å². The SMILES string of the molecule is CC.Cc1cccc(C(=O)N(C)C)c1O. The summed E-state index contributed by atoms with van der Waals surface area (Å²) in [6, 6.07) is 5.14. The zero-order valence-corrected chi connectivity index (χ0v) is 10.0. The van der Waals surface area contributed by atoms with E-state index < -0.39 is 0 Å². The molecular formula is C12H19NO2. The molecule has 0 heterocycles. The molecule has 3 heteroatoms. The van der Waals surface area contributed by atoms with Gasteiger partial charge in [-0.15, -0.1) is 0 Å². The molecule has 0 saturated heterocycles. The molecule has 0 radical (unpaired) electrons. The Morgan fingerprint density at radius 2 is 1.80 bits per heavy atom. The van der Waals surface area contributed by atoms with E-state index in [4.69, 9.17) is 0 Å². The number of amides is 1. The van der Waals surface area contributed by atoms with E-state index in [1.54, 1.807) is 39.2 Å². The highest BCUT2D eigenvalue weighted by molar-refractivity contribution is 5.96. The Hall–Kier alpha value is -1.51. The van der Waals surface area contributed by atoms with Crippen LogP contribution in [0.15, 0.2) is 18.2 Å². The Morgan fingerprint density at radius 1 is 1.27 bits per heavy atom. The number of benzene rings is 1. The van der Waals surface area contributed by atoms with Crippen LogP contribution in [0, 0.1) is 6.92 Å². The summed E-state index contributed by atoms with van der Waals surface area (Å²) in [6.45, 7) is 5.77. The molecule has 15 heavy (non-hydrogen) atoms. The van der Waals surface area contributed by atoms with Gasteiger partial charge < -0.3 is 10.0 Å². The van der Waals surface area contributed by atoms with E-state index in [9.17, 15) is 9.90 Å². The van der Waals surface area contributed by atoms with Crippen LogP contribution in [0.4, 0.5) is 0 Å². The molecule has 0 unspecified atom stereocenters. The maximum absolute atomic E-state index is 11.5. The molecule has 1 N–H and O–H groups in total. The third kappa shape index (κ3) is 3.27. The maximum Gasteiger partial charge on any atom is 0.257 e. The third-order valence-electron chi connectivity index (χ3n) is 1.87. The topological polar surface area (TPSA) is 40.5 Å². The largest absolute Gasteiger partial charge is 0.507 e. The molecule has 0 spiro atoms. The van der Waals surface area contributed by atoms with E-state index in [1.165, 1.54) is 4.90 Å². The summed E-state index contributed by atoms with van der Waals surface area (Å²) in [4.78, 5) is 12.9. The molecule has 1 aromatic rings. The fourth-order valence-electron chi connectivity index (χ4n) is 1.07. The summed E-state index contributed by atoms with van der Waals surface area (Å²) in [5.41, 5.74) is 1.07. The Bertz CT molecular complexity index is 332. The molecule has 3 nitrogen and oxygen atoms in total. The molecule has 0 fully saturated rings. The van der Waals surface area contributed by atoms with Gasteiger partial charge in [0.2, 0.25) is 0 Å². The van der Waals surface area contributed by atoms with Gasteiger partial charge in [-0.3, -0.25) is 4.79 Å². The van der Waals surface area contributed by atoms with E-state index in [2.05, 4.69) is 0 Å². The zero-order chi connectivity index (χ0) is 12.0. The van der Waals surface area contributed by atoms with E-state index in [0.29, 0.717) is 11.1 Å². The second kappa shape index (κ2) is 6.06. The lowest BCUT2D eigenvalue weighted by Crippen LogP contribution is -2.21. The van der Waals surface area contributed by atoms with E-state index in [-0.39, 0.29) is 11.7 Å². The average molecular weight is 209 g/mol. The van der Waals surface area contributed by atoms with Crippen LogP contribution in [0.25, 0.3) is 0 Å². The Morgan fingerprint density at radius 3 is 2.27 bits per heavy atom. The van der Waals surface area contributed by atoms with Crippen molar-refractivity contribution in [3.8, 4) is 5.75 Å². The predicted molar refractivity (Wildman–Crippen MR) is 62.2 cm³/mol. The minimum Gasteiger partial charge on any atom is -0.507 e. The van der Waals surface area contributed by atoms with Crippen LogP contribution in [0.2, 0.25) is 0 Å². The number of aryl methyl sites for hydroxylation is 1. The molecule has 0 aliphatic rings. The van der Waals surface area contributed by atoms with Gasteiger partial charge in [-0.2, -0.15) is 0 Å². The van der Waals surface area contributed by atoms with Crippen molar-refractivity contribution in [1.82, 2.24) is 4.90 Å². The summed E-state index contributed by atoms with van der Waals surface area (Å²) in [5, 5.41) is 9.57. The number of hydrogen-bond donors (Lipinski definition) is 1. The second-order valence-corrected chi connectivity index (χ2v) is 3.17. The molecule has 0 bridgehead atoms. The second-order valence-electron chi connectivity index (χ2n) is 3.17. The third-order valence-corrected chi connectivity index (χ3v) is 1.87. The number of carbonyl (C=O) groups excluding carboxylic acids is 1. The van der Waals surface area contributed by atoms with Gasteiger partial charge in [0, 0.05) is 14.1 Å². The summed E-state index contributed by atoms with van der Waals surface area (Å²) >= 11 is 0. The van der Waals surface area contributed by atoms with Crippen molar-refractivity contribution in [1.29, 1.82) is 0 Å². The van der Waals surface area contributed by atoms with Gasteiger partial charge in [0.15, 0.2) is 0 Å². The highest BCUT2D eigenvalue weighted by Gasteiger charge is 2.13. The van der Waals surface area contributed by atoms with E-state index in [1.807, 2.05) is 13.8 Å². The molecule has 1 aromatic carbocycles. The van der Waals surface area contributed by atoms with Crippen LogP contribution in [-0.2, 0) is 0 Å².